The van der Waals surface area contributed by atoms with E-state index in [1.54, 1.807) is 0 Å². The highest BCUT2D eigenvalue weighted by molar-refractivity contribution is 5.76. The van der Waals surface area contributed by atoms with E-state index >= 15 is 0 Å². The average molecular weight is 276 g/mol. The number of carbonyl (C=O) groups excluding carboxylic acids is 1. The Labute approximate surface area is 120 Å². The van der Waals surface area contributed by atoms with Gasteiger partial charge in [0.1, 0.15) is 0 Å². The van der Waals surface area contributed by atoms with Gasteiger partial charge in [0.15, 0.2) is 0 Å². The molecule has 0 saturated carbocycles. The predicted molar refractivity (Wildman–Crippen MR) is 77.5 cm³/mol. The zero-order chi connectivity index (χ0) is 13.8. The normalized spacial score (nSPS) is 23.2. The first-order valence-corrected chi connectivity index (χ1v) is 7.83. The van der Waals surface area contributed by atoms with Crippen LogP contribution in [0.15, 0.2) is 12.5 Å². The lowest BCUT2D eigenvalue weighted by molar-refractivity contribution is -0.130. The molecule has 0 aromatic carbocycles. The summed E-state index contributed by atoms with van der Waals surface area (Å²) < 4.78 is 2.17. The maximum Gasteiger partial charge on any atom is 0.224 e. The maximum absolute atomic E-state index is 12.1. The molecular weight excluding hydrogens is 252 g/mol. The van der Waals surface area contributed by atoms with Crippen molar-refractivity contribution in [3.05, 3.63) is 18.2 Å². The van der Waals surface area contributed by atoms with Gasteiger partial charge in [-0.2, -0.15) is 0 Å². The highest BCUT2D eigenvalue weighted by atomic mass is 16.2. The van der Waals surface area contributed by atoms with E-state index in [0.717, 1.165) is 45.6 Å². The van der Waals surface area contributed by atoms with Gasteiger partial charge >= 0.3 is 0 Å². The van der Waals surface area contributed by atoms with Crippen molar-refractivity contribution < 1.29 is 4.79 Å². The second kappa shape index (κ2) is 6.39. The number of hydrogen-bond acceptors (Lipinski definition) is 3. The number of carbonyl (C=O) groups is 1. The Bertz CT molecular complexity index is 444. The molecule has 5 nitrogen and oxygen atoms in total. The van der Waals surface area contributed by atoms with Gasteiger partial charge < -0.3 is 14.8 Å². The van der Waals surface area contributed by atoms with E-state index in [-0.39, 0.29) is 0 Å². The lowest BCUT2D eigenvalue weighted by atomic mass is 9.96. The fraction of sp³-hybridized carbons (Fsp3) is 0.733. The largest absolute Gasteiger partial charge is 0.343 e. The average Bonchev–Trinajstić information content (AvgIpc) is 3.17. The summed E-state index contributed by atoms with van der Waals surface area (Å²) in [7, 11) is 0. The SMILES string of the molecule is O=C(CCn1cncc1C1CCCNC1)N1CCCC1. The number of rotatable bonds is 4. The van der Waals surface area contributed by atoms with Crippen molar-refractivity contribution in [2.24, 2.45) is 0 Å². The summed E-state index contributed by atoms with van der Waals surface area (Å²) in [5, 5.41) is 3.44. The Morgan fingerprint density at radius 1 is 1.35 bits per heavy atom. The first kappa shape index (κ1) is 13.6. The van der Waals surface area contributed by atoms with Crippen LogP contribution in [0.1, 0.15) is 43.7 Å². The van der Waals surface area contributed by atoms with Gasteiger partial charge in [0, 0.05) is 50.4 Å². The highest BCUT2D eigenvalue weighted by Crippen LogP contribution is 2.23. The van der Waals surface area contributed by atoms with E-state index in [1.807, 2.05) is 17.4 Å². The van der Waals surface area contributed by atoms with Crippen molar-refractivity contribution in [2.75, 3.05) is 26.2 Å². The second-order valence-corrected chi connectivity index (χ2v) is 5.89. The van der Waals surface area contributed by atoms with Gasteiger partial charge in [0.25, 0.3) is 0 Å². The molecule has 3 heterocycles. The van der Waals surface area contributed by atoms with Crippen molar-refractivity contribution in [1.29, 1.82) is 0 Å². The molecule has 0 aliphatic carbocycles. The molecule has 5 heteroatoms. The zero-order valence-corrected chi connectivity index (χ0v) is 12.1. The Hall–Kier alpha value is -1.36. The molecule has 0 bridgehead atoms. The molecular formula is C15H24N4O. The number of piperidine rings is 1. The minimum absolute atomic E-state index is 0.295. The monoisotopic (exact) mass is 276 g/mol. The molecule has 1 aromatic rings. The molecule has 2 fully saturated rings. The summed E-state index contributed by atoms with van der Waals surface area (Å²) in [6.07, 6.45) is 9.22. The third-order valence-electron chi connectivity index (χ3n) is 4.48. The van der Waals surface area contributed by atoms with Crippen LogP contribution in [0.3, 0.4) is 0 Å². The first-order valence-electron chi connectivity index (χ1n) is 7.83. The highest BCUT2D eigenvalue weighted by Gasteiger charge is 2.21. The topological polar surface area (TPSA) is 50.2 Å². The fourth-order valence-corrected chi connectivity index (χ4v) is 3.30. The number of imidazole rings is 1. The number of likely N-dealkylation sites (tertiary alicyclic amines) is 1. The Kier molecular flexibility index (Phi) is 4.35. The minimum Gasteiger partial charge on any atom is -0.343 e. The number of hydrogen-bond donors (Lipinski definition) is 1. The van der Waals surface area contributed by atoms with Crippen LogP contribution in [0.2, 0.25) is 0 Å². The number of nitrogens with zero attached hydrogens (tertiary/aromatic N) is 3. The lowest BCUT2D eigenvalue weighted by Gasteiger charge is -2.24. The van der Waals surface area contributed by atoms with E-state index < -0.39 is 0 Å². The Morgan fingerprint density at radius 2 is 2.20 bits per heavy atom. The van der Waals surface area contributed by atoms with Crippen molar-refractivity contribution in [3.63, 3.8) is 0 Å². The van der Waals surface area contributed by atoms with E-state index in [4.69, 9.17) is 0 Å². The molecule has 20 heavy (non-hydrogen) atoms. The summed E-state index contributed by atoms with van der Waals surface area (Å²) in [5.41, 5.74) is 1.28. The second-order valence-electron chi connectivity index (χ2n) is 5.89. The van der Waals surface area contributed by atoms with Crippen molar-refractivity contribution in [2.45, 2.75) is 44.6 Å². The number of nitrogens with one attached hydrogen (secondary N) is 1. The van der Waals surface area contributed by atoms with Crippen LogP contribution >= 0.6 is 0 Å². The summed E-state index contributed by atoms with van der Waals surface area (Å²) in [6.45, 7) is 4.81. The maximum atomic E-state index is 12.1. The van der Waals surface area contributed by atoms with Gasteiger partial charge in [-0.15, -0.1) is 0 Å². The van der Waals surface area contributed by atoms with Crippen LogP contribution < -0.4 is 5.32 Å². The quantitative estimate of drug-likeness (QED) is 0.903. The van der Waals surface area contributed by atoms with Crippen LogP contribution in [0.25, 0.3) is 0 Å². The molecule has 3 rings (SSSR count). The van der Waals surface area contributed by atoms with Crippen LogP contribution in [0, 0.1) is 0 Å². The van der Waals surface area contributed by atoms with Crippen LogP contribution in [-0.2, 0) is 11.3 Å². The van der Waals surface area contributed by atoms with E-state index in [0.29, 0.717) is 18.2 Å². The number of amides is 1. The summed E-state index contributed by atoms with van der Waals surface area (Å²) >= 11 is 0. The van der Waals surface area contributed by atoms with E-state index in [9.17, 15) is 4.79 Å². The molecule has 1 amide bonds. The third kappa shape index (κ3) is 3.03. The predicted octanol–water partition coefficient (Wildman–Crippen LogP) is 1.36. The summed E-state index contributed by atoms with van der Waals surface area (Å²) in [4.78, 5) is 18.4. The van der Waals surface area contributed by atoms with E-state index in [1.165, 1.54) is 18.5 Å². The van der Waals surface area contributed by atoms with Gasteiger partial charge in [0.2, 0.25) is 5.91 Å². The molecule has 1 aromatic heterocycles. The Morgan fingerprint density at radius 3 is 2.95 bits per heavy atom. The van der Waals surface area contributed by atoms with Crippen molar-refractivity contribution in [1.82, 2.24) is 19.8 Å². The van der Waals surface area contributed by atoms with Crippen LogP contribution in [0.4, 0.5) is 0 Å². The summed E-state index contributed by atoms with van der Waals surface area (Å²) in [5.74, 6) is 0.844. The molecule has 2 aliphatic heterocycles. The molecule has 110 valence electrons. The molecule has 1 unspecified atom stereocenters. The molecule has 2 saturated heterocycles. The van der Waals surface area contributed by atoms with Gasteiger partial charge in [0.05, 0.1) is 6.33 Å². The standard InChI is InChI=1S/C15H24N4O/c20-15(18-7-1-2-8-18)5-9-19-12-17-11-14(19)13-4-3-6-16-10-13/h11-13,16H,1-10H2. The van der Waals surface area contributed by atoms with Gasteiger partial charge in [-0.1, -0.05) is 0 Å². The first-order chi connectivity index (χ1) is 9.84. The molecule has 1 N–H and O–H groups in total. The Balaban J connectivity index is 1.57. The minimum atomic E-state index is 0.295. The third-order valence-corrected chi connectivity index (χ3v) is 4.48. The van der Waals surface area contributed by atoms with E-state index in [2.05, 4.69) is 14.9 Å². The van der Waals surface area contributed by atoms with Gasteiger partial charge in [-0.3, -0.25) is 4.79 Å². The van der Waals surface area contributed by atoms with Crippen molar-refractivity contribution >= 4 is 5.91 Å². The smallest absolute Gasteiger partial charge is 0.224 e. The summed E-state index contributed by atoms with van der Waals surface area (Å²) in [6, 6.07) is 0. The fourth-order valence-electron chi connectivity index (χ4n) is 3.30. The van der Waals surface area contributed by atoms with Crippen LogP contribution in [0.5, 0.6) is 0 Å². The molecule has 0 radical (unpaired) electrons. The van der Waals surface area contributed by atoms with Gasteiger partial charge in [-0.05, 0) is 32.2 Å². The number of aryl methyl sites for hydroxylation is 1. The molecule has 0 spiro atoms. The van der Waals surface area contributed by atoms with Crippen molar-refractivity contribution in [3.8, 4) is 0 Å². The van der Waals surface area contributed by atoms with Crippen LogP contribution in [-0.4, -0.2) is 46.5 Å². The zero-order valence-electron chi connectivity index (χ0n) is 12.1. The number of aromatic nitrogens is 2. The lowest BCUT2D eigenvalue weighted by Crippen LogP contribution is -2.30. The van der Waals surface area contributed by atoms with Gasteiger partial charge in [-0.25, -0.2) is 4.98 Å². The molecule has 1 atom stereocenters. The molecule has 2 aliphatic rings.